The molecular formula is C15H14Cl2N2O. The molecule has 0 atom stereocenters. The Morgan fingerprint density at radius 1 is 1.30 bits per heavy atom. The maximum Gasteiger partial charge on any atom is 0.158 e. The van der Waals surface area contributed by atoms with Crippen molar-refractivity contribution in [2.24, 2.45) is 5.92 Å². The molecule has 0 bridgehead atoms. The van der Waals surface area contributed by atoms with Crippen molar-refractivity contribution in [1.82, 2.24) is 5.32 Å². The lowest BCUT2D eigenvalue weighted by atomic mass is 9.92. The molecule has 0 aliphatic heterocycles. The van der Waals surface area contributed by atoms with Crippen LogP contribution in [0.3, 0.4) is 0 Å². The molecule has 0 amide bonds. The molecule has 3 nitrogen and oxygen atoms in total. The molecule has 0 spiro atoms. The first kappa shape index (κ1) is 14.9. The van der Waals surface area contributed by atoms with Crippen molar-refractivity contribution in [2.45, 2.75) is 5.60 Å². The summed E-state index contributed by atoms with van der Waals surface area (Å²) in [6.07, 6.45) is 7.43. The van der Waals surface area contributed by atoms with E-state index in [0.717, 1.165) is 0 Å². The van der Waals surface area contributed by atoms with E-state index in [1.165, 1.54) is 0 Å². The standard InChI is InChI=1S/C15H14Cl2N2O/c1-19-10-15(6-4-11(9-18)5-7-15)20-12-2-3-13(16)14(17)8-12/h2-8,11,19H,10H2,1H3. The average Bonchev–Trinajstić information content (AvgIpc) is 2.44. The van der Waals surface area contributed by atoms with E-state index < -0.39 is 5.60 Å². The van der Waals surface area contributed by atoms with E-state index >= 15 is 0 Å². The number of halogens is 2. The summed E-state index contributed by atoms with van der Waals surface area (Å²) < 4.78 is 6.02. The third-order valence-electron chi connectivity index (χ3n) is 2.97. The zero-order valence-corrected chi connectivity index (χ0v) is 12.4. The number of hydrogen-bond donors (Lipinski definition) is 1. The lowest BCUT2D eigenvalue weighted by Gasteiger charge is -2.31. The van der Waals surface area contributed by atoms with Gasteiger partial charge in [0.25, 0.3) is 0 Å². The van der Waals surface area contributed by atoms with Gasteiger partial charge in [0.2, 0.25) is 0 Å². The average molecular weight is 309 g/mol. The van der Waals surface area contributed by atoms with Crippen LogP contribution in [0.25, 0.3) is 0 Å². The maximum absolute atomic E-state index is 8.91. The number of nitrogens with one attached hydrogen (secondary N) is 1. The molecule has 0 saturated carbocycles. The molecule has 1 aromatic rings. The van der Waals surface area contributed by atoms with Crippen LogP contribution < -0.4 is 10.1 Å². The molecular weight excluding hydrogens is 295 g/mol. The fourth-order valence-electron chi connectivity index (χ4n) is 2.00. The molecule has 0 aromatic heterocycles. The molecule has 1 N–H and O–H groups in total. The topological polar surface area (TPSA) is 45.0 Å². The van der Waals surface area contributed by atoms with Crippen LogP contribution in [0.2, 0.25) is 10.0 Å². The minimum Gasteiger partial charge on any atom is -0.478 e. The van der Waals surface area contributed by atoms with Crippen LogP contribution in [0, 0.1) is 17.2 Å². The summed E-state index contributed by atoms with van der Waals surface area (Å²) >= 11 is 11.9. The van der Waals surface area contributed by atoms with E-state index in [4.69, 9.17) is 33.2 Å². The van der Waals surface area contributed by atoms with Crippen LogP contribution in [-0.2, 0) is 0 Å². The van der Waals surface area contributed by atoms with Gasteiger partial charge in [-0.25, -0.2) is 0 Å². The van der Waals surface area contributed by atoms with Crippen LogP contribution in [0.5, 0.6) is 5.75 Å². The number of hydrogen-bond acceptors (Lipinski definition) is 3. The number of allylic oxidation sites excluding steroid dienone is 2. The molecule has 0 fully saturated rings. The number of ether oxygens (including phenoxy) is 1. The lowest BCUT2D eigenvalue weighted by Crippen LogP contribution is -2.42. The van der Waals surface area contributed by atoms with Gasteiger partial charge in [0.15, 0.2) is 5.60 Å². The molecule has 104 valence electrons. The van der Waals surface area contributed by atoms with Gasteiger partial charge in [-0.05, 0) is 31.3 Å². The lowest BCUT2D eigenvalue weighted by molar-refractivity contribution is 0.168. The largest absolute Gasteiger partial charge is 0.478 e. The van der Waals surface area contributed by atoms with Gasteiger partial charge >= 0.3 is 0 Å². The van der Waals surface area contributed by atoms with Gasteiger partial charge in [-0.2, -0.15) is 5.26 Å². The molecule has 1 aliphatic rings. The van der Waals surface area contributed by atoms with Crippen LogP contribution in [0.4, 0.5) is 0 Å². The van der Waals surface area contributed by atoms with E-state index in [1.54, 1.807) is 18.2 Å². The summed E-state index contributed by atoms with van der Waals surface area (Å²) in [4.78, 5) is 0. The van der Waals surface area contributed by atoms with Crippen LogP contribution in [0.15, 0.2) is 42.5 Å². The number of rotatable bonds is 4. The zero-order valence-electron chi connectivity index (χ0n) is 10.9. The minimum atomic E-state index is -0.626. The van der Waals surface area contributed by atoms with E-state index in [0.29, 0.717) is 22.3 Å². The zero-order chi connectivity index (χ0) is 14.6. The van der Waals surface area contributed by atoms with Crippen molar-refractivity contribution in [3.8, 4) is 11.8 Å². The summed E-state index contributed by atoms with van der Waals surface area (Å²) in [6, 6.07) is 7.32. The Labute approximate surface area is 128 Å². The molecule has 1 aromatic carbocycles. The fourth-order valence-corrected chi connectivity index (χ4v) is 2.28. The van der Waals surface area contributed by atoms with Gasteiger partial charge in [0.05, 0.1) is 22.0 Å². The summed E-state index contributed by atoms with van der Waals surface area (Å²) in [6.45, 7) is 0.582. The summed E-state index contributed by atoms with van der Waals surface area (Å²) in [5, 5.41) is 12.9. The normalized spacial score (nSPS) is 24.4. The van der Waals surface area contributed by atoms with Crippen LogP contribution in [0.1, 0.15) is 0 Å². The maximum atomic E-state index is 8.91. The minimum absolute atomic E-state index is 0.211. The Balaban J connectivity index is 2.24. The van der Waals surface area contributed by atoms with E-state index in [-0.39, 0.29) is 5.92 Å². The molecule has 20 heavy (non-hydrogen) atoms. The van der Waals surface area contributed by atoms with Gasteiger partial charge in [0.1, 0.15) is 5.75 Å². The molecule has 5 heteroatoms. The third kappa shape index (κ3) is 3.34. The second-order valence-corrected chi connectivity index (χ2v) is 5.35. The quantitative estimate of drug-likeness (QED) is 0.864. The summed E-state index contributed by atoms with van der Waals surface area (Å²) in [7, 11) is 1.85. The predicted molar refractivity (Wildman–Crippen MR) is 81.1 cm³/mol. The van der Waals surface area contributed by atoms with Crippen molar-refractivity contribution in [2.75, 3.05) is 13.6 Å². The smallest absolute Gasteiger partial charge is 0.158 e. The highest BCUT2D eigenvalue weighted by Gasteiger charge is 2.28. The van der Waals surface area contributed by atoms with E-state index in [9.17, 15) is 0 Å². The van der Waals surface area contributed by atoms with Crippen molar-refractivity contribution >= 4 is 23.2 Å². The molecule has 0 heterocycles. The van der Waals surface area contributed by atoms with Crippen molar-refractivity contribution in [1.29, 1.82) is 5.26 Å². The van der Waals surface area contributed by atoms with Crippen LogP contribution >= 0.6 is 23.2 Å². The first-order chi connectivity index (χ1) is 9.58. The van der Waals surface area contributed by atoms with Crippen molar-refractivity contribution < 1.29 is 4.74 Å². The summed E-state index contributed by atoms with van der Waals surface area (Å²) in [5.41, 5.74) is -0.626. The first-order valence-corrected chi connectivity index (χ1v) is 6.91. The Morgan fingerprint density at radius 2 is 2.00 bits per heavy atom. The first-order valence-electron chi connectivity index (χ1n) is 6.15. The van der Waals surface area contributed by atoms with Gasteiger partial charge in [-0.15, -0.1) is 0 Å². The van der Waals surface area contributed by atoms with E-state index in [2.05, 4.69) is 11.4 Å². The summed E-state index contributed by atoms with van der Waals surface area (Å²) in [5.74, 6) is 0.414. The van der Waals surface area contributed by atoms with Crippen LogP contribution in [-0.4, -0.2) is 19.2 Å². The van der Waals surface area contributed by atoms with Gasteiger partial charge in [0, 0.05) is 12.6 Å². The fraction of sp³-hybridized carbons (Fsp3) is 0.267. The SMILES string of the molecule is CNCC1(Oc2ccc(Cl)c(Cl)c2)C=CC(C#N)C=C1. The molecule has 1 aliphatic carbocycles. The predicted octanol–water partition coefficient (Wildman–Crippen LogP) is 3.60. The Morgan fingerprint density at radius 3 is 2.55 bits per heavy atom. The van der Waals surface area contributed by atoms with Gasteiger partial charge < -0.3 is 10.1 Å². The Hall–Kier alpha value is -1.47. The highest BCUT2D eigenvalue weighted by Crippen LogP contribution is 2.30. The molecule has 0 radical (unpaired) electrons. The third-order valence-corrected chi connectivity index (χ3v) is 3.71. The number of likely N-dealkylation sites (N-methyl/N-ethyl adjacent to an activating group) is 1. The van der Waals surface area contributed by atoms with E-state index in [1.807, 2.05) is 31.4 Å². The van der Waals surface area contributed by atoms with Gasteiger partial charge in [-0.1, -0.05) is 35.4 Å². The Kier molecular flexibility index (Phi) is 4.72. The second-order valence-electron chi connectivity index (χ2n) is 4.54. The number of nitrogens with zero attached hydrogens (tertiary/aromatic N) is 1. The monoisotopic (exact) mass is 308 g/mol. The molecule has 0 unspecified atom stereocenters. The molecule has 2 rings (SSSR count). The van der Waals surface area contributed by atoms with Crippen molar-refractivity contribution in [3.05, 3.63) is 52.5 Å². The molecule has 0 saturated heterocycles. The van der Waals surface area contributed by atoms with Gasteiger partial charge in [-0.3, -0.25) is 0 Å². The second kappa shape index (κ2) is 6.32. The highest BCUT2D eigenvalue weighted by molar-refractivity contribution is 6.42. The highest BCUT2D eigenvalue weighted by atomic mass is 35.5. The number of nitriles is 1. The number of benzene rings is 1. The Bertz CT molecular complexity index is 576. The van der Waals surface area contributed by atoms with Crippen molar-refractivity contribution in [3.63, 3.8) is 0 Å².